The molecule has 1 aromatic carbocycles. The van der Waals surface area contributed by atoms with Crippen molar-refractivity contribution in [1.82, 2.24) is 9.97 Å². The van der Waals surface area contributed by atoms with Gasteiger partial charge in [0.15, 0.2) is 0 Å². The van der Waals surface area contributed by atoms with Gasteiger partial charge < -0.3 is 5.11 Å². The van der Waals surface area contributed by atoms with Crippen molar-refractivity contribution < 1.29 is 14.3 Å². The fourth-order valence-corrected chi connectivity index (χ4v) is 1.27. The van der Waals surface area contributed by atoms with E-state index >= 15 is 0 Å². The highest BCUT2D eigenvalue weighted by Gasteiger charge is 2.08. The third-order valence-corrected chi connectivity index (χ3v) is 2.03. The summed E-state index contributed by atoms with van der Waals surface area (Å²) in [6.45, 7) is 0. The van der Waals surface area contributed by atoms with Crippen LogP contribution < -0.4 is 0 Å². The van der Waals surface area contributed by atoms with Gasteiger partial charge in [0, 0.05) is 23.5 Å². The maximum Gasteiger partial charge on any atom is 0.373 e. The van der Waals surface area contributed by atoms with Crippen LogP contribution >= 0.6 is 0 Å². The van der Waals surface area contributed by atoms with Gasteiger partial charge in [-0.1, -0.05) is 18.2 Å². The van der Waals surface area contributed by atoms with E-state index in [2.05, 4.69) is 9.97 Å². The Kier molecular flexibility index (Phi) is 2.59. The minimum atomic E-state index is -1.21. The fourth-order valence-electron chi connectivity index (χ4n) is 1.27. The molecule has 0 fully saturated rings. The lowest BCUT2D eigenvalue weighted by Gasteiger charge is -2.01. The zero-order valence-electron chi connectivity index (χ0n) is 8.09. The van der Waals surface area contributed by atoms with Gasteiger partial charge in [0.1, 0.15) is 5.82 Å². The summed E-state index contributed by atoms with van der Waals surface area (Å²) < 4.78 is 13.4. The first-order chi connectivity index (χ1) is 7.68. The minimum Gasteiger partial charge on any atom is -0.475 e. The second-order valence-electron chi connectivity index (χ2n) is 3.08. The van der Waals surface area contributed by atoms with Crippen LogP contribution in [0.1, 0.15) is 10.6 Å². The van der Waals surface area contributed by atoms with Crippen LogP contribution in [0.2, 0.25) is 0 Å². The Morgan fingerprint density at radius 1 is 1.19 bits per heavy atom. The van der Waals surface area contributed by atoms with Gasteiger partial charge in [0.05, 0.1) is 0 Å². The van der Waals surface area contributed by atoms with Gasteiger partial charge in [-0.3, -0.25) is 0 Å². The number of hydrogen-bond donors (Lipinski definition) is 1. The van der Waals surface area contributed by atoms with Gasteiger partial charge in [0.25, 0.3) is 0 Å². The molecular formula is C11H7FN2O2. The van der Waals surface area contributed by atoms with Crippen molar-refractivity contribution >= 4 is 5.97 Å². The summed E-state index contributed by atoms with van der Waals surface area (Å²) in [7, 11) is 0. The second-order valence-corrected chi connectivity index (χ2v) is 3.08. The summed E-state index contributed by atoms with van der Waals surface area (Å²) in [5, 5.41) is 8.60. The normalized spacial score (nSPS) is 10.1. The zero-order chi connectivity index (χ0) is 11.5. The van der Waals surface area contributed by atoms with Crippen LogP contribution in [-0.2, 0) is 0 Å². The predicted molar refractivity (Wildman–Crippen MR) is 54.4 cm³/mol. The van der Waals surface area contributed by atoms with Gasteiger partial charge in [-0.2, -0.15) is 0 Å². The molecule has 0 aliphatic carbocycles. The lowest BCUT2D eigenvalue weighted by molar-refractivity contribution is 0.0683. The number of carboxylic acids is 1. The molecule has 0 unspecified atom stereocenters. The first kappa shape index (κ1) is 10.2. The Morgan fingerprint density at radius 2 is 1.81 bits per heavy atom. The Bertz CT molecular complexity index is 526. The third kappa shape index (κ3) is 1.88. The molecule has 0 bridgehead atoms. The highest BCUT2D eigenvalue weighted by Crippen LogP contribution is 2.20. The lowest BCUT2D eigenvalue weighted by atomic mass is 10.1. The number of nitrogens with zero attached hydrogens (tertiary/aromatic N) is 2. The number of aromatic nitrogens is 2. The molecule has 0 aliphatic heterocycles. The van der Waals surface area contributed by atoms with Gasteiger partial charge in [-0.15, -0.1) is 0 Å². The summed E-state index contributed by atoms with van der Waals surface area (Å²) >= 11 is 0. The number of aromatic carboxylic acids is 1. The van der Waals surface area contributed by atoms with E-state index in [0.29, 0.717) is 11.1 Å². The quantitative estimate of drug-likeness (QED) is 0.837. The van der Waals surface area contributed by atoms with E-state index in [1.54, 1.807) is 18.2 Å². The number of halogens is 1. The molecule has 0 radical (unpaired) electrons. The molecule has 5 heteroatoms. The van der Waals surface area contributed by atoms with Crippen molar-refractivity contribution in [2.24, 2.45) is 0 Å². The average molecular weight is 218 g/mol. The molecule has 1 heterocycles. The van der Waals surface area contributed by atoms with Gasteiger partial charge in [-0.25, -0.2) is 19.2 Å². The van der Waals surface area contributed by atoms with E-state index < -0.39 is 11.8 Å². The first-order valence-electron chi connectivity index (χ1n) is 4.49. The Hall–Kier alpha value is -2.30. The first-order valence-corrected chi connectivity index (χ1v) is 4.49. The molecule has 1 N–H and O–H groups in total. The Labute approximate surface area is 90.4 Å². The SMILES string of the molecule is O=C(O)c1ncc(-c2ccccc2F)cn1. The van der Waals surface area contributed by atoms with Gasteiger partial charge >= 0.3 is 5.97 Å². The highest BCUT2D eigenvalue weighted by molar-refractivity contribution is 5.83. The lowest BCUT2D eigenvalue weighted by Crippen LogP contribution is -2.03. The van der Waals surface area contributed by atoms with Crippen LogP contribution in [-0.4, -0.2) is 21.0 Å². The summed E-state index contributed by atoms with van der Waals surface area (Å²) in [5.74, 6) is -1.91. The molecule has 0 aliphatic rings. The third-order valence-electron chi connectivity index (χ3n) is 2.03. The van der Waals surface area contributed by atoms with Crippen molar-refractivity contribution in [2.45, 2.75) is 0 Å². The molecule has 0 saturated carbocycles. The van der Waals surface area contributed by atoms with Crippen LogP contribution in [0.4, 0.5) is 4.39 Å². The molecule has 4 nitrogen and oxygen atoms in total. The molecule has 16 heavy (non-hydrogen) atoms. The monoisotopic (exact) mass is 218 g/mol. The molecule has 0 atom stereocenters. The summed E-state index contributed by atoms with van der Waals surface area (Å²) in [6, 6.07) is 6.16. The zero-order valence-corrected chi connectivity index (χ0v) is 8.09. The van der Waals surface area contributed by atoms with Crippen LogP contribution in [0.3, 0.4) is 0 Å². The number of carbonyl (C=O) groups is 1. The Morgan fingerprint density at radius 3 is 2.38 bits per heavy atom. The summed E-state index contributed by atoms with van der Waals surface area (Å²) in [6.07, 6.45) is 2.57. The smallest absolute Gasteiger partial charge is 0.373 e. The van der Waals surface area contributed by atoms with E-state index in [1.807, 2.05) is 0 Å². The van der Waals surface area contributed by atoms with E-state index in [1.165, 1.54) is 18.5 Å². The molecule has 0 amide bonds. The van der Waals surface area contributed by atoms with E-state index in [9.17, 15) is 9.18 Å². The van der Waals surface area contributed by atoms with Crippen LogP contribution in [0.25, 0.3) is 11.1 Å². The summed E-state index contributed by atoms with van der Waals surface area (Å²) in [4.78, 5) is 17.8. The number of benzene rings is 1. The van der Waals surface area contributed by atoms with E-state index in [4.69, 9.17) is 5.11 Å². The molecular weight excluding hydrogens is 211 g/mol. The van der Waals surface area contributed by atoms with Crippen LogP contribution in [0, 0.1) is 5.82 Å². The van der Waals surface area contributed by atoms with Crippen LogP contribution in [0.15, 0.2) is 36.7 Å². The largest absolute Gasteiger partial charge is 0.475 e. The maximum atomic E-state index is 13.4. The highest BCUT2D eigenvalue weighted by atomic mass is 19.1. The van der Waals surface area contributed by atoms with E-state index in [0.717, 1.165) is 0 Å². The number of rotatable bonds is 2. The number of carboxylic acid groups (broad SMARTS) is 1. The maximum absolute atomic E-state index is 13.4. The van der Waals surface area contributed by atoms with E-state index in [-0.39, 0.29) is 5.82 Å². The molecule has 1 aromatic heterocycles. The topological polar surface area (TPSA) is 63.1 Å². The predicted octanol–water partition coefficient (Wildman–Crippen LogP) is 1.98. The fraction of sp³-hybridized carbons (Fsp3) is 0. The Balaban J connectivity index is 2.43. The van der Waals surface area contributed by atoms with Crippen molar-refractivity contribution in [3.63, 3.8) is 0 Å². The van der Waals surface area contributed by atoms with Crippen LogP contribution in [0.5, 0.6) is 0 Å². The molecule has 2 aromatic rings. The standard InChI is InChI=1S/C11H7FN2O2/c12-9-4-2-1-3-8(9)7-5-13-10(11(15)16)14-6-7/h1-6H,(H,15,16). The second kappa shape index (κ2) is 4.06. The minimum absolute atomic E-state index is 0.305. The average Bonchev–Trinajstić information content (AvgIpc) is 2.30. The van der Waals surface area contributed by atoms with Crippen molar-refractivity contribution in [2.75, 3.05) is 0 Å². The molecule has 2 rings (SSSR count). The summed E-state index contributed by atoms with van der Waals surface area (Å²) in [5.41, 5.74) is 0.794. The molecule has 0 saturated heterocycles. The number of hydrogen-bond acceptors (Lipinski definition) is 3. The van der Waals surface area contributed by atoms with Crippen molar-refractivity contribution in [3.8, 4) is 11.1 Å². The van der Waals surface area contributed by atoms with Crippen molar-refractivity contribution in [1.29, 1.82) is 0 Å². The molecule has 0 spiro atoms. The van der Waals surface area contributed by atoms with Gasteiger partial charge in [0.2, 0.25) is 5.82 Å². The molecule has 80 valence electrons. The van der Waals surface area contributed by atoms with Gasteiger partial charge in [-0.05, 0) is 6.07 Å². The van der Waals surface area contributed by atoms with Crippen molar-refractivity contribution in [3.05, 3.63) is 48.3 Å².